The van der Waals surface area contributed by atoms with Crippen molar-refractivity contribution in [1.82, 2.24) is 0 Å². The smallest absolute Gasteiger partial charge is 0.122 e. The van der Waals surface area contributed by atoms with Gasteiger partial charge in [0.1, 0.15) is 5.75 Å². The molecule has 2 aromatic rings. The monoisotopic (exact) mass is 265 g/mol. The first-order chi connectivity index (χ1) is 9.88. The van der Waals surface area contributed by atoms with Gasteiger partial charge in [0.15, 0.2) is 0 Å². The molecule has 2 heteroatoms. The lowest BCUT2D eigenvalue weighted by Crippen LogP contribution is -1.99. The van der Waals surface area contributed by atoms with Crippen LogP contribution in [0.3, 0.4) is 0 Å². The van der Waals surface area contributed by atoms with Crippen molar-refractivity contribution in [3.8, 4) is 5.75 Å². The number of fused-ring (bicyclic) bond motifs is 1. The van der Waals surface area contributed by atoms with E-state index < -0.39 is 0 Å². The molecular formula is C18H19NO. The van der Waals surface area contributed by atoms with Crippen LogP contribution in [0.4, 0.5) is 5.69 Å². The summed E-state index contributed by atoms with van der Waals surface area (Å²) >= 11 is 0. The second-order valence-corrected chi connectivity index (χ2v) is 5.79. The van der Waals surface area contributed by atoms with Gasteiger partial charge in [0.05, 0.1) is 6.61 Å². The highest BCUT2D eigenvalue weighted by Crippen LogP contribution is 2.39. The molecule has 0 unspecified atom stereocenters. The highest BCUT2D eigenvalue weighted by atomic mass is 16.5. The van der Waals surface area contributed by atoms with Crippen LogP contribution < -0.4 is 10.1 Å². The number of ether oxygens (including phenoxy) is 1. The fourth-order valence-corrected chi connectivity index (χ4v) is 2.82. The van der Waals surface area contributed by atoms with Crippen LogP contribution >= 0.6 is 0 Å². The van der Waals surface area contributed by atoms with E-state index in [9.17, 15) is 0 Å². The van der Waals surface area contributed by atoms with E-state index in [4.69, 9.17) is 4.74 Å². The summed E-state index contributed by atoms with van der Waals surface area (Å²) < 4.78 is 5.53. The molecule has 0 spiro atoms. The van der Waals surface area contributed by atoms with Crippen LogP contribution in [0.15, 0.2) is 42.5 Å². The maximum absolute atomic E-state index is 5.53. The van der Waals surface area contributed by atoms with Crippen LogP contribution in [0.5, 0.6) is 5.75 Å². The fraction of sp³-hybridized carbons (Fsp3) is 0.333. The van der Waals surface area contributed by atoms with E-state index in [0.29, 0.717) is 0 Å². The molecule has 1 saturated carbocycles. The van der Waals surface area contributed by atoms with Crippen molar-refractivity contribution in [2.24, 2.45) is 0 Å². The Labute approximate surface area is 119 Å². The predicted molar refractivity (Wildman–Crippen MR) is 81.4 cm³/mol. The Morgan fingerprint density at radius 1 is 1.05 bits per heavy atom. The molecule has 2 nitrogen and oxygen atoms in total. The maximum atomic E-state index is 5.53. The van der Waals surface area contributed by atoms with E-state index in [0.717, 1.165) is 31.2 Å². The van der Waals surface area contributed by atoms with E-state index in [1.807, 2.05) is 0 Å². The second-order valence-electron chi connectivity index (χ2n) is 5.79. The zero-order chi connectivity index (χ0) is 13.4. The SMILES string of the molecule is c1cc(C2CC2)ccc1CNc1ccc2c(c1)CCO2. The molecule has 0 saturated heterocycles. The Hall–Kier alpha value is -1.96. The Morgan fingerprint density at radius 2 is 1.90 bits per heavy atom. The Kier molecular flexibility index (Phi) is 2.87. The van der Waals surface area contributed by atoms with Gasteiger partial charge in [-0.2, -0.15) is 0 Å². The van der Waals surface area contributed by atoms with Gasteiger partial charge in [-0.3, -0.25) is 0 Å². The molecular weight excluding hydrogens is 246 g/mol. The van der Waals surface area contributed by atoms with Crippen molar-refractivity contribution in [1.29, 1.82) is 0 Å². The topological polar surface area (TPSA) is 21.3 Å². The van der Waals surface area contributed by atoms with Gasteiger partial charge in [0, 0.05) is 18.7 Å². The largest absolute Gasteiger partial charge is 0.493 e. The summed E-state index contributed by atoms with van der Waals surface area (Å²) in [6, 6.07) is 15.4. The standard InChI is InChI=1S/C18H19NO/c1-3-14(15-5-6-15)4-2-13(1)12-19-17-7-8-18-16(11-17)9-10-20-18/h1-4,7-8,11,15,19H,5-6,9-10,12H2. The Bertz CT molecular complexity index is 614. The lowest BCUT2D eigenvalue weighted by molar-refractivity contribution is 0.357. The van der Waals surface area contributed by atoms with Crippen LogP contribution in [-0.4, -0.2) is 6.61 Å². The molecule has 1 aliphatic carbocycles. The highest BCUT2D eigenvalue weighted by molar-refractivity contribution is 5.52. The second kappa shape index (κ2) is 4.86. The third kappa shape index (κ3) is 2.38. The van der Waals surface area contributed by atoms with Gasteiger partial charge in [-0.1, -0.05) is 24.3 Å². The van der Waals surface area contributed by atoms with E-state index in [1.54, 1.807) is 0 Å². The molecule has 0 aromatic heterocycles. The minimum atomic E-state index is 0.821. The number of anilines is 1. The first kappa shape index (κ1) is 11.8. The molecule has 0 bridgehead atoms. The van der Waals surface area contributed by atoms with E-state index >= 15 is 0 Å². The summed E-state index contributed by atoms with van der Waals surface area (Å²) in [6.45, 7) is 1.70. The minimum absolute atomic E-state index is 0.821. The van der Waals surface area contributed by atoms with E-state index in [-0.39, 0.29) is 0 Å². The molecule has 1 heterocycles. The fourth-order valence-electron chi connectivity index (χ4n) is 2.82. The summed E-state index contributed by atoms with van der Waals surface area (Å²) in [5, 5.41) is 3.50. The number of hydrogen-bond acceptors (Lipinski definition) is 2. The van der Waals surface area contributed by atoms with E-state index in [2.05, 4.69) is 47.8 Å². The molecule has 20 heavy (non-hydrogen) atoms. The Balaban J connectivity index is 1.41. The summed E-state index contributed by atoms with van der Waals surface area (Å²) in [4.78, 5) is 0. The minimum Gasteiger partial charge on any atom is -0.493 e. The molecule has 1 fully saturated rings. The van der Waals surface area contributed by atoms with Gasteiger partial charge in [-0.15, -0.1) is 0 Å². The van der Waals surface area contributed by atoms with Gasteiger partial charge in [-0.05, 0) is 53.6 Å². The van der Waals surface area contributed by atoms with Gasteiger partial charge in [0.25, 0.3) is 0 Å². The van der Waals surface area contributed by atoms with Crippen LogP contribution in [0.25, 0.3) is 0 Å². The van der Waals surface area contributed by atoms with Gasteiger partial charge >= 0.3 is 0 Å². The summed E-state index contributed by atoms with van der Waals surface area (Å²) in [7, 11) is 0. The zero-order valence-corrected chi connectivity index (χ0v) is 11.6. The van der Waals surface area contributed by atoms with Gasteiger partial charge < -0.3 is 10.1 Å². The molecule has 4 rings (SSSR count). The summed E-state index contributed by atoms with van der Waals surface area (Å²) in [5.41, 5.74) is 5.34. The normalized spacial score (nSPS) is 16.6. The predicted octanol–water partition coefficient (Wildman–Crippen LogP) is 4.11. The third-order valence-electron chi connectivity index (χ3n) is 4.21. The average Bonchev–Trinajstić information content (AvgIpc) is 3.23. The first-order valence-electron chi connectivity index (χ1n) is 7.47. The quantitative estimate of drug-likeness (QED) is 0.898. The molecule has 1 aliphatic heterocycles. The van der Waals surface area contributed by atoms with Gasteiger partial charge in [0.2, 0.25) is 0 Å². The van der Waals surface area contributed by atoms with Crippen molar-refractivity contribution in [2.75, 3.05) is 11.9 Å². The van der Waals surface area contributed by atoms with Crippen molar-refractivity contribution >= 4 is 5.69 Å². The maximum Gasteiger partial charge on any atom is 0.122 e. The van der Waals surface area contributed by atoms with Gasteiger partial charge in [-0.25, -0.2) is 0 Å². The zero-order valence-electron chi connectivity index (χ0n) is 11.6. The highest BCUT2D eigenvalue weighted by Gasteiger charge is 2.22. The number of nitrogens with one attached hydrogen (secondary N) is 1. The lowest BCUT2D eigenvalue weighted by atomic mass is 10.1. The van der Waals surface area contributed by atoms with Crippen molar-refractivity contribution < 1.29 is 4.74 Å². The van der Waals surface area contributed by atoms with Crippen LogP contribution in [0.1, 0.15) is 35.4 Å². The Morgan fingerprint density at radius 3 is 2.70 bits per heavy atom. The first-order valence-corrected chi connectivity index (χ1v) is 7.47. The summed E-state index contributed by atoms with van der Waals surface area (Å²) in [5.74, 6) is 1.89. The molecule has 1 N–H and O–H groups in total. The molecule has 0 amide bonds. The number of rotatable bonds is 4. The molecule has 2 aliphatic rings. The average molecular weight is 265 g/mol. The van der Waals surface area contributed by atoms with Crippen molar-refractivity contribution in [3.63, 3.8) is 0 Å². The third-order valence-corrected chi connectivity index (χ3v) is 4.21. The molecule has 2 aromatic carbocycles. The van der Waals surface area contributed by atoms with Crippen molar-refractivity contribution in [3.05, 3.63) is 59.2 Å². The van der Waals surface area contributed by atoms with Crippen LogP contribution in [0.2, 0.25) is 0 Å². The molecule has 0 radical (unpaired) electrons. The lowest BCUT2D eigenvalue weighted by Gasteiger charge is -2.09. The van der Waals surface area contributed by atoms with Crippen LogP contribution in [0, 0.1) is 0 Å². The van der Waals surface area contributed by atoms with Crippen LogP contribution in [-0.2, 0) is 13.0 Å². The molecule has 102 valence electrons. The number of benzene rings is 2. The van der Waals surface area contributed by atoms with Crippen molar-refractivity contribution in [2.45, 2.75) is 31.7 Å². The number of hydrogen-bond donors (Lipinski definition) is 1. The van der Waals surface area contributed by atoms with E-state index in [1.165, 1.54) is 35.2 Å². The molecule has 0 atom stereocenters. The summed E-state index contributed by atoms with van der Waals surface area (Å²) in [6.07, 6.45) is 3.77.